The molecule has 0 atom stereocenters. The molecule has 0 N–H and O–H groups in total. The number of hydrogen-bond donors (Lipinski definition) is 0. The molecule has 0 aliphatic carbocycles. The van der Waals surface area contributed by atoms with Crippen LogP contribution in [-0.4, -0.2) is 12.3 Å². The first-order valence-electron chi connectivity index (χ1n) is 7.33. The molecule has 6 heteroatoms. The first kappa shape index (κ1) is 17.5. The highest BCUT2D eigenvalue weighted by atomic mass is 79.9. The monoisotopic (exact) mass is 418 g/mol. The smallest absolute Gasteiger partial charge is 0.340 e. The van der Waals surface area contributed by atoms with E-state index in [0.29, 0.717) is 17.6 Å². The molecular formula is C19H12BrClO4. The van der Waals surface area contributed by atoms with Gasteiger partial charge in [0.2, 0.25) is 0 Å². The van der Waals surface area contributed by atoms with Crippen LogP contribution in [0.1, 0.15) is 26.5 Å². The van der Waals surface area contributed by atoms with E-state index in [9.17, 15) is 9.59 Å². The van der Waals surface area contributed by atoms with E-state index < -0.39 is 5.97 Å². The zero-order chi connectivity index (χ0) is 17.8. The average molecular weight is 420 g/mol. The number of ether oxygens (including phenoxy) is 1. The fourth-order valence-corrected chi connectivity index (χ4v) is 2.67. The molecule has 2 aromatic carbocycles. The van der Waals surface area contributed by atoms with Gasteiger partial charge in [0, 0.05) is 10.0 Å². The summed E-state index contributed by atoms with van der Waals surface area (Å²) in [4.78, 5) is 23.1. The van der Waals surface area contributed by atoms with Gasteiger partial charge < -0.3 is 9.15 Å². The molecule has 0 saturated heterocycles. The van der Waals surface area contributed by atoms with E-state index in [4.69, 9.17) is 20.8 Å². The van der Waals surface area contributed by atoms with Crippen LogP contribution >= 0.6 is 27.5 Å². The lowest BCUT2D eigenvalue weighted by atomic mass is 10.1. The number of rotatable bonds is 5. The van der Waals surface area contributed by atoms with E-state index in [1.807, 2.05) is 24.3 Å². The minimum Gasteiger partial charge on any atom is -0.457 e. The zero-order valence-corrected chi connectivity index (χ0v) is 15.2. The van der Waals surface area contributed by atoms with Gasteiger partial charge in [-0.15, -0.1) is 0 Å². The summed E-state index contributed by atoms with van der Waals surface area (Å²) in [5, 5.41) is 0.284. The van der Waals surface area contributed by atoms with Gasteiger partial charge in [-0.2, -0.15) is 0 Å². The van der Waals surface area contributed by atoms with Gasteiger partial charge in [-0.05, 0) is 48.0 Å². The van der Waals surface area contributed by atoms with Crippen molar-refractivity contribution in [3.05, 3.63) is 81.0 Å². The topological polar surface area (TPSA) is 56.5 Å². The summed E-state index contributed by atoms with van der Waals surface area (Å²) < 4.78 is 11.6. The van der Waals surface area contributed by atoms with Crippen LogP contribution in [0.4, 0.5) is 0 Å². The second-order valence-corrected chi connectivity index (χ2v) is 6.54. The van der Waals surface area contributed by atoms with E-state index in [1.165, 1.54) is 0 Å². The Hall–Kier alpha value is -2.37. The van der Waals surface area contributed by atoms with Crippen molar-refractivity contribution in [1.82, 2.24) is 0 Å². The van der Waals surface area contributed by atoms with Crippen molar-refractivity contribution in [2.45, 2.75) is 6.61 Å². The van der Waals surface area contributed by atoms with Crippen LogP contribution in [0.2, 0.25) is 5.02 Å². The number of benzene rings is 2. The van der Waals surface area contributed by atoms with Gasteiger partial charge in [-0.1, -0.05) is 39.7 Å². The summed E-state index contributed by atoms with van der Waals surface area (Å²) in [6.07, 6.45) is 0.618. The van der Waals surface area contributed by atoms with Gasteiger partial charge in [0.15, 0.2) is 12.0 Å². The van der Waals surface area contributed by atoms with Crippen LogP contribution in [0, 0.1) is 0 Å². The third-order valence-corrected chi connectivity index (χ3v) is 4.36. The second kappa shape index (κ2) is 7.68. The normalized spacial score (nSPS) is 10.5. The molecular weight excluding hydrogens is 408 g/mol. The predicted molar refractivity (Wildman–Crippen MR) is 97.8 cm³/mol. The number of aldehydes is 1. The number of halogens is 2. The Balaban J connectivity index is 1.78. The Labute approximate surface area is 157 Å². The van der Waals surface area contributed by atoms with Gasteiger partial charge in [0.1, 0.15) is 12.4 Å². The molecule has 0 aliphatic heterocycles. The van der Waals surface area contributed by atoms with E-state index in [1.54, 1.807) is 30.3 Å². The molecule has 25 heavy (non-hydrogen) atoms. The third-order valence-electron chi connectivity index (χ3n) is 3.50. The molecule has 0 fully saturated rings. The van der Waals surface area contributed by atoms with E-state index in [0.717, 1.165) is 10.0 Å². The molecule has 0 aliphatic rings. The van der Waals surface area contributed by atoms with Gasteiger partial charge in [0.05, 0.1) is 10.6 Å². The van der Waals surface area contributed by atoms with Crippen LogP contribution in [0.5, 0.6) is 0 Å². The Morgan fingerprint density at radius 3 is 2.56 bits per heavy atom. The van der Waals surface area contributed by atoms with Crippen molar-refractivity contribution < 1.29 is 18.7 Å². The summed E-state index contributed by atoms with van der Waals surface area (Å²) in [6.45, 7) is 0.142. The lowest BCUT2D eigenvalue weighted by Crippen LogP contribution is -2.06. The second-order valence-electron chi connectivity index (χ2n) is 5.22. The molecule has 0 amide bonds. The van der Waals surface area contributed by atoms with Crippen molar-refractivity contribution >= 4 is 39.8 Å². The van der Waals surface area contributed by atoms with Crippen molar-refractivity contribution in [2.75, 3.05) is 0 Å². The molecule has 0 bridgehead atoms. The molecule has 3 aromatic rings. The molecule has 4 nitrogen and oxygen atoms in total. The van der Waals surface area contributed by atoms with Crippen LogP contribution < -0.4 is 0 Å². The number of hydrogen-bond acceptors (Lipinski definition) is 4. The lowest BCUT2D eigenvalue weighted by molar-refractivity contribution is 0.0473. The maximum atomic E-state index is 12.3. The van der Waals surface area contributed by atoms with E-state index in [-0.39, 0.29) is 23.0 Å². The zero-order valence-electron chi connectivity index (χ0n) is 12.9. The fraction of sp³-hybridized carbons (Fsp3) is 0.0526. The molecule has 0 saturated carbocycles. The lowest BCUT2D eigenvalue weighted by Gasteiger charge is -2.08. The highest BCUT2D eigenvalue weighted by Gasteiger charge is 2.15. The van der Waals surface area contributed by atoms with Crippen LogP contribution in [0.25, 0.3) is 11.3 Å². The molecule has 1 heterocycles. The number of esters is 1. The van der Waals surface area contributed by atoms with Gasteiger partial charge in [0.25, 0.3) is 0 Å². The Bertz CT molecular complexity index is 915. The maximum Gasteiger partial charge on any atom is 0.340 e. The minimum atomic E-state index is -0.531. The van der Waals surface area contributed by atoms with Crippen molar-refractivity contribution in [2.24, 2.45) is 0 Å². The average Bonchev–Trinajstić information content (AvgIpc) is 3.10. The van der Waals surface area contributed by atoms with Crippen LogP contribution in [0.15, 0.2) is 63.5 Å². The fourth-order valence-electron chi connectivity index (χ4n) is 2.21. The summed E-state index contributed by atoms with van der Waals surface area (Å²) in [5.74, 6) is 0.155. The Morgan fingerprint density at radius 1 is 1.12 bits per heavy atom. The summed E-state index contributed by atoms with van der Waals surface area (Å²) in [7, 11) is 0. The number of furan rings is 1. The summed E-state index contributed by atoms with van der Waals surface area (Å²) in [5.41, 5.74) is 1.74. The summed E-state index contributed by atoms with van der Waals surface area (Å²) in [6, 6.07) is 15.6. The molecule has 0 radical (unpaired) electrons. The Morgan fingerprint density at radius 2 is 1.88 bits per heavy atom. The van der Waals surface area contributed by atoms with Crippen molar-refractivity contribution in [3.8, 4) is 11.3 Å². The van der Waals surface area contributed by atoms with E-state index >= 15 is 0 Å². The van der Waals surface area contributed by atoms with Crippen LogP contribution in [0.3, 0.4) is 0 Å². The molecule has 3 rings (SSSR count). The Kier molecular flexibility index (Phi) is 5.36. The molecule has 126 valence electrons. The third kappa shape index (κ3) is 4.18. The van der Waals surface area contributed by atoms with E-state index in [2.05, 4.69) is 15.9 Å². The molecule has 0 spiro atoms. The number of carbonyl (C=O) groups excluding carboxylic acids is 2. The first-order chi connectivity index (χ1) is 12.1. The standard InChI is InChI=1S/C19H12BrClO4/c20-14-4-1-12(2-5-14)11-24-19(23)16-9-13(3-7-17(16)21)18-8-6-15(10-22)25-18/h1-10H,11H2. The molecule has 1 aromatic heterocycles. The van der Waals surface area contributed by atoms with Gasteiger partial charge in [-0.25, -0.2) is 4.79 Å². The summed E-state index contributed by atoms with van der Waals surface area (Å²) >= 11 is 9.47. The predicted octanol–water partition coefficient (Wildman–Crippen LogP) is 5.53. The highest BCUT2D eigenvalue weighted by Crippen LogP contribution is 2.27. The first-order valence-corrected chi connectivity index (χ1v) is 8.50. The van der Waals surface area contributed by atoms with Crippen molar-refractivity contribution in [3.63, 3.8) is 0 Å². The quantitative estimate of drug-likeness (QED) is 0.403. The molecule has 0 unspecified atom stereocenters. The largest absolute Gasteiger partial charge is 0.457 e. The highest BCUT2D eigenvalue weighted by molar-refractivity contribution is 9.10. The number of carbonyl (C=O) groups is 2. The van der Waals surface area contributed by atoms with Crippen LogP contribution in [-0.2, 0) is 11.3 Å². The van der Waals surface area contributed by atoms with Gasteiger partial charge >= 0.3 is 5.97 Å². The maximum absolute atomic E-state index is 12.3. The van der Waals surface area contributed by atoms with Gasteiger partial charge in [-0.3, -0.25) is 4.79 Å². The van der Waals surface area contributed by atoms with Crippen molar-refractivity contribution in [1.29, 1.82) is 0 Å². The SMILES string of the molecule is O=Cc1ccc(-c2ccc(Cl)c(C(=O)OCc3ccc(Br)cc3)c2)o1. The minimum absolute atomic E-state index is 0.142.